The second-order valence-electron chi connectivity index (χ2n) is 5.77. The molecule has 1 amide bonds. The molecule has 0 saturated heterocycles. The summed E-state index contributed by atoms with van der Waals surface area (Å²) in [5.41, 5.74) is 0.912. The fourth-order valence-corrected chi connectivity index (χ4v) is 3.04. The Balaban J connectivity index is 1.97. The lowest BCUT2D eigenvalue weighted by atomic mass is 9.94. The van der Waals surface area contributed by atoms with E-state index in [1.807, 2.05) is 37.4 Å². The van der Waals surface area contributed by atoms with Gasteiger partial charge in [-0.2, -0.15) is 0 Å². The van der Waals surface area contributed by atoms with Crippen molar-refractivity contribution >= 4 is 11.6 Å². The highest BCUT2D eigenvalue weighted by molar-refractivity contribution is 5.94. The lowest BCUT2D eigenvalue weighted by Crippen LogP contribution is -2.45. The zero-order valence-corrected chi connectivity index (χ0v) is 12.9. The van der Waals surface area contributed by atoms with Crippen LogP contribution < -0.4 is 4.90 Å². The van der Waals surface area contributed by atoms with Crippen LogP contribution in [-0.4, -0.2) is 48.7 Å². The summed E-state index contributed by atoms with van der Waals surface area (Å²) in [5, 5.41) is 9.27. The largest absolute Gasteiger partial charge is 0.395 e. The van der Waals surface area contributed by atoms with Gasteiger partial charge in [-0.3, -0.25) is 9.69 Å². The van der Waals surface area contributed by atoms with Crippen LogP contribution in [0.3, 0.4) is 0 Å². The first-order valence-corrected chi connectivity index (χ1v) is 7.89. The Morgan fingerprint density at radius 1 is 1.19 bits per heavy atom. The Hall–Kier alpha value is -1.39. The Labute approximate surface area is 127 Å². The van der Waals surface area contributed by atoms with Crippen LogP contribution in [0.25, 0.3) is 0 Å². The van der Waals surface area contributed by atoms with Crippen LogP contribution in [0.15, 0.2) is 30.3 Å². The minimum absolute atomic E-state index is 0.0835. The summed E-state index contributed by atoms with van der Waals surface area (Å²) in [5.74, 6) is 0.0835. The molecule has 21 heavy (non-hydrogen) atoms. The van der Waals surface area contributed by atoms with Crippen LogP contribution in [-0.2, 0) is 4.79 Å². The van der Waals surface area contributed by atoms with Gasteiger partial charge in [-0.25, -0.2) is 0 Å². The van der Waals surface area contributed by atoms with Crippen LogP contribution in [0.4, 0.5) is 5.69 Å². The number of rotatable bonds is 6. The molecule has 1 aliphatic carbocycles. The van der Waals surface area contributed by atoms with Crippen LogP contribution in [0.1, 0.15) is 32.1 Å². The number of aliphatic hydroxyl groups is 1. The fourth-order valence-electron chi connectivity index (χ4n) is 3.04. The molecule has 1 saturated carbocycles. The molecule has 0 unspecified atom stereocenters. The highest BCUT2D eigenvalue weighted by atomic mass is 16.3. The molecule has 4 nitrogen and oxygen atoms in total. The van der Waals surface area contributed by atoms with Gasteiger partial charge in [0.1, 0.15) is 0 Å². The SMILES string of the molecule is CN(C(=O)CN(CCO)C1CCCCC1)c1ccccc1. The Morgan fingerprint density at radius 2 is 1.86 bits per heavy atom. The Kier molecular flexibility index (Phi) is 6.21. The molecule has 0 heterocycles. The van der Waals surface area contributed by atoms with Crippen molar-refractivity contribution in [2.45, 2.75) is 38.1 Å². The first-order valence-electron chi connectivity index (χ1n) is 7.89. The van der Waals surface area contributed by atoms with Gasteiger partial charge in [0.05, 0.1) is 13.2 Å². The number of carbonyl (C=O) groups excluding carboxylic acids is 1. The second-order valence-corrected chi connectivity index (χ2v) is 5.77. The van der Waals surface area contributed by atoms with E-state index >= 15 is 0 Å². The van der Waals surface area contributed by atoms with Crippen LogP contribution in [0.2, 0.25) is 0 Å². The normalized spacial score (nSPS) is 16.1. The van der Waals surface area contributed by atoms with E-state index in [0.29, 0.717) is 19.1 Å². The number of likely N-dealkylation sites (N-methyl/N-ethyl adjacent to an activating group) is 1. The first kappa shape index (κ1) is 16.0. The molecule has 1 N–H and O–H groups in total. The lowest BCUT2D eigenvalue weighted by molar-refractivity contribution is -0.120. The van der Waals surface area contributed by atoms with E-state index in [0.717, 1.165) is 18.5 Å². The van der Waals surface area contributed by atoms with Gasteiger partial charge in [0.2, 0.25) is 5.91 Å². The monoisotopic (exact) mass is 290 g/mol. The van der Waals surface area contributed by atoms with E-state index < -0.39 is 0 Å². The average Bonchev–Trinajstić information content (AvgIpc) is 2.55. The van der Waals surface area contributed by atoms with Crippen molar-refractivity contribution in [3.8, 4) is 0 Å². The van der Waals surface area contributed by atoms with E-state index in [1.54, 1.807) is 4.90 Å². The molecule has 116 valence electrons. The van der Waals surface area contributed by atoms with Gasteiger partial charge in [-0.15, -0.1) is 0 Å². The predicted molar refractivity (Wildman–Crippen MR) is 85.4 cm³/mol. The Morgan fingerprint density at radius 3 is 2.48 bits per heavy atom. The predicted octanol–water partition coefficient (Wildman–Crippen LogP) is 2.28. The number of para-hydroxylation sites is 1. The lowest BCUT2D eigenvalue weighted by Gasteiger charge is -2.34. The van der Waals surface area contributed by atoms with E-state index in [9.17, 15) is 9.90 Å². The van der Waals surface area contributed by atoms with E-state index in [2.05, 4.69) is 4.90 Å². The van der Waals surface area contributed by atoms with Gasteiger partial charge in [-0.05, 0) is 25.0 Å². The number of benzene rings is 1. The molecule has 1 aromatic carbocycles. The highest BCUT2D eigenvalue weighted by Gasteiger charge is 2.24. The summed E-state index contributed by atoms with van der Waals surface area (Å²) in [7, 11) is 1.82. The molecule has 0 aromatic heterocycles. The molecular formula is C17H26N2O2. The maximum absolute atomic E-state index is 12.5. The average molecular weight is 290 g/mol. The molecule has 1 fully saturated rings. The third-order valence-corrected chi connectivity index (χ3v) is 4.33. The summed E-state index contributed by atoms with van der Waals surface area (Å²) < 4.78 is 0. The summed E-state index contributed by atoms with van der Waals surface area (Å²) in [6, 6.07) is 10.1. The minimum Gasteiger partial charge on any atom is -0.395 e. The van der Waals surface area contributed by atoms with Gasteiger partial charge in [0.15, 0.2) is 0 Å². The van der Waals surface area contributed by atoms with Crippen LogP contribution in [0.5, 0.6) is 0 Å². The zero-order chi connectivity index (χ0) is 15.1. The molecule has 1 aromatic rings. The summed E-state index contributed by atoms with van der Waals surface area (Å²) in [4.78, 5) is 16.3. The maximum atomic E-state index is 12.5. The van der Waals surface area contributed by atoms with Gasteiger partial charge in [0, 0.05) is 25.3 Å². The molecule has 4 heteroatoms. The number of nitrogens with zero attached hydrogens (tertiary/aromatic N) is 2. The number of aliphatic hydroxyl groups excluding tert-OH is 1. The summed E-state index contributed by atoms with van der Waals surface area (Å²) >= 11 is 0. The number of hydrogen-bond acceptors (Lipinski definition) is 3. The van der Waals surface area contributed by atoms with Crippen molar-refractivity contribution in [1.82, 2.24) is 4.90 Å². The molecule has 0 spiro atoms. The molecule has 0 bridgehead atoms. The summed E-state index contributed by atoms with van der Waals surface area (Å²) in [6.45, 7) is 1.08. The summed E-state index contributed by atoms with van der Waals surface area (Å²) in [6.07, 6.45) is 6.04. The second kappa shape index (κ2) is 8.15. The van der Waals surface area contributed by atoms with Gasteiger partial charge < -0.3 is 10.0 Å². The van der Waals surface area contributed by atoms with Gasteiger partial charge in [0.25, 0.3) is 0 Å². The van der Waals surface area contributed by atoms with Crippen molar-refractivity contribution < 1.29 is 9.90 Å². The Bertz CT molecular complexity index is 430. The smallest absolute Gasteiger partial charge is 0.240 e. The molecule has 1 aliphatic rings. The number of anilines is 1. The van der Waals surface area contributed by atoms with Crippen molar-refractivity contribution in [2.24, 2.45) is 0 Å². The molecule has 2 rings (SSSR count). The van der Waals surface area contributed by atoms with Crippen molar-refractivity contribution in [1.29, 1.82) is 0 Å². The molecule has 0 radical (unpaired) electrons. The molecular weight excluding hydrogens is 264 g/mol. The van der Waals surface area contributed by atoms with Crippen molar-refractivity contribution in [3.63, 3.8) is 0 Å². The number of amides is 1. The number of hydrogen-bond donors (Lipinski definition) is 1. The highest BCUT2D eigenvalue weighted by Crippen LogP contribution is 2.22. The van der Waals surface area contributed by atoms with Crippen molar-refractivity contribution in [3.05, 3.63) is 30.3 Å². The van der Waals surface area contributed by atoms with Crippen LogP contribution in [0, 0.1) is 0 Å². The standard InChI is InChI=1S/C17H26N2O2/c1-18(15-8-4-2-5-9-15)17(21)14-19(12-13-20)16-10-6-3-7-11-16/h2,4-5,8-9,16,20H,3,6-7,10-14H2,1H3. The number of carbonyl (C=O) groups is 1. The molecule has 0 aliphatic heterocycles. The molecule has 0 atom stereocenters. The van der Waals surface area contributed by atoms with Crippen LogP contribution >= 0.6 is 0 Å². The maximum Gasteiger partial charge on any atom is 0.240 e. The third kappa shape index (κ3) is 4.55. The fraction of sp³-hybridized carbons (Fsp3) is 0.588. The van der Waals surface area contributed by atoms with E-state index in [-0.39, 0.29) is 12.5 Å². The van der Waals surface area contributed by atoms with Gasteiger partial charge in [-0.1, -0.05) is 37.5 Å². The van der Waals surface area contributed by atoms with E-state index in [4.69, 9.17) is 0 Å². The zero-order valence-electron chi connectivity index (χ0n) is 12.9. The first-order chi connectivity index (χ1) is 10.2. The third-order valence-electron chi connectivity index (χ3n) is 4.33. The minimum atomic E-state index is 0.0835. The van der Waals surface area contributed by atoms with E-state index in [1.165, 1.54) is 19.3 Å². The topological polar surface area (TPSA) is 43.8 Å². The van der Waals surface area contributed by atoms with Crippen molar-refractivity contribution in [2.75, 3.05) is 31.6 Å². The quantitative estimate of drug-likeness (QED) is 0.874. The van der Waals surface area contributed by atoms with Gasteiger partial charge >= 0.3 is 0 Å².